The maximum absolute atomic E-state index is 6.08. The largest absolute Gasteiger partial charge is 0.487 e. The minimum Gasteiger partial charge on any atom is -0.487 e. The van der Waals surface area contributed by atoms with E-state index in [-0.39, 0.29) is 0 Å². The van der Waals surface area contributed by atoms with Crippen LogP contribution in [-0.4, -0.2) is 0 Å². The number of anilines is 1. The average molecular weight is 282 g/mol. The van der Waals surface area contributed by atoms with Crippen LogP contribution < -0.4 is 10.5 Å². The average Bonchev–Trinajstić information content (AvgIpc) is 2.30. The Kier molecular flexibility index (Phi) is 4.00. The summed E-state index contributed by atoms with van der Waals surface area (Å²) >= 11 is 12.2. The van der Waals surface area contributed by atoms with Crippen LogP contribution in [0.5, 0.6) is 5.75 Å². The second-order valence-corrected chi connectivity index (χ2v) is 4.89. The Bertz CT molecular complexity index is 518. The van der Waals surface area contributed by atoms with Crippen LogP contribution in [0.4, 0.5) is 5.69 Å². The number of hydrogen-bond acceptors (Lipinski definition) is 2. The van der Waals surface area contributed by atoms with Gasteiger partial charge in [-0.2, -0.15) is 0 Å². The first-order valence-electron chi connectivity index (χ1n) is 5.49. The molecule has 18 heavy (non-hydrogen) atoms. The summed E-state index contributed by atoms with van der Waals surface area (Å²) in [6.07, 6.45) is 0. The van der Waals surface area contributed by atoms with Crippen LogP contribution in [0.15, 0.2) is 36.4 Å². The Morgan fingerprint density at radius 2 is 1.83 bits per heavy atom. The molecule has 0 aliphatic rings. The highest BCUT2D eigenvalue weighted by atomic mass is 35.5. The van der Waals surface area contributed by atoms with Gasteiger partial charge in [0.15, 0.2) is 0 Å². The molecule has 0 aromatic heterocycles. The second-order valence-electron chi connectivity index (χ2n) is 4.07. The molecule has 4 heteroatoms. The molecule has 0 unspecified atom stereocenters. The van der Waals surface area contributed by atoms with Crippen molar-refractivity contribution in [2.24, 2.45) is 0 Å². The lowest BCUT2D eigenvalue weighted by atomic mass is 10.2. The maximum atomic E-state index is 6.08. The van der Waals surface area contributed by atoms with Crippen LogP contribution in [0.3, 0.4) is 0 Å². The molecule has 0 amide bonds. The first-order valence-corrected chi connectivity index (χ1v) is 6.24. The molecule has 2 nitrogen and oxygen atoms in total. The van der Waals surface area contributed by atoms with Gasteiger partial charge in [0, 0.05) is 16.3 Å². The number of aryl methyl sites for hydroxylation is 1. The molecule has 2 aromatic rings. The number of halogens is 2. The molecule has 0 aliphatic carbocycles. The van der Waals surface area contributed by atoms with E-state index in [0.717, 1.165) is 11.1 Å². The van der Waals surface area contributed by atoms with Gasteiger partial charge in [-0.3, -0.25) is 0 Å². The van der Waals surface area contributed by atoms with Gasteiger partial charge in [0.2, 0.25) is 0 Å². The summed E-state index contributed by atoms with van der Waals surface area (Å²) in [6, 6.07) is 11.0. The Morgan fingerprint density at radius 1 is 1.06 bits per heavy atom. The van der Waals surface area contributed by atoms with E-state index < -0.39 is 0 Å². The minimum absolute atomic E-state index is 0.363. The van der Waals surface area contributed by atoms with Crippen molar-refractivity contribution in [3.8, 4) is 5.75 Å². The Morgan fingerprint density at radius 3 is 2.50 bits per heavy atom. The topological polar surface area (TPSA) is 35.2 Å². The van der Waals surface area contributed by atoms with Crippen LogP contribution >= 0.6 is 23.2 Å². The number of benzene rings is 2. The van der Waals surface area contributed by atoms with Gasteiger partial charge in [-0.15, -0.1) is 0 Å². The molecule has 94 valence electrons. The predicted molar refractivity (Wildman–Crippen MR) is 76.4 cm³/mol. The standard InChI is InChI=1S/C14H13Cl2NO/c1-9-2-5-14(13(16)6-9)18-8-10-3-4-11(17)7-12(10)15/h2-7H,8,17H2,1H3. The van der Waals surface area contributed by atoms with Crippen LogP contribution in [0.25, 0.3) is 0 Å². The highest BCUT2D eigenvalue weighted by Gasteiger charge is 2.05. The second kappa shape index (κ2) is 5.51. The van der Waals surface area contributed by atoms with E-state index >= 15 is 0 Å². The normalized spacial score (nSPS) is 10.4. The van der Waals surface area contributed by atoms with Crippen LogP contribution in [-0.2, 0) is 6.61 Å². The molecular weight excluding hydrogens is 269 g/mol. The number of ether oxygens (including phenoxy) is 1. The lowest BCUT2D eigenvalue weighted by molar-refractivity contribution is 0.306. The van der Waals surface area contributed by atoms with Gasteiger partial charge >= 0.3 is 0 Å². The molecule has 0 saturated carbocycles. The number of rotatable bonds is 3. The molecule has 2 aromatic carbocycles. The zero-order valence-corrected chi connectivity index (χ0v) is 11.4. The van der Waals surface area contributed by atoms with Crippen molar-refractivity contribution in [1.29, 1.82) is 0 Å². The van der Waals surface area contributed by atoms with Gasteiger partial charge in [0.25, 0.3) is 0 Å². The third-order valence-corrected chi connectivity index (χ3v) is 3.19. The summed E-state index contributed by atoms with van der Waals surface area (Å²) in [5.74, 6) is 0.648. The molecule has 0 atom stereocenters. The maximum Gasteiger partial charge on any atom is 0.138 e. The van der Waals surface area contributed by atoms with E-state index in [1.807, 2.05) is 31.2 Å². The molecule has 0 bridgehead atoms. The van der Waals surface area contributed by atoms with E-state index in [2.05, 4.69) is 0 Å². The highest BCUT2D eigenvalue weighted by Crippen LogP contribution is 2.27. The summed E-state index contributed by atoms with van der Waals surface area (Å²) in [7, 11) is 0. The van der Waals surface area contributed by atoms with Crippen molar-refractivity contribution in [3.05, 3.63) is 57.6 Å². The van der Waals surface area contributed by atoms with E-state index in [0.29, 0.717) is 28.1 Å². The van der Waals surface area contributed by atoms with Crippen molar-refractivity contribution in [3.63, 3.8) is 0 Å². The fourth-order valence-electron chi connectivity index (χ4n) is 1.56. The molecule has 0 saturated heterocycles. The lowest BCUT2D eigenvalue weighted by Crippen LogP contribution is -1.98. The van der Waals surface area contributed by atoms with Crippen molar-refractivity contribution in [2.75, 3.05) is 5.73 Å². The highest BCUT2D eigenvalue weighted by molar-refractivity contribution is 6.32. The zero-order valence-electron chi connectivity index (χ0n) is 9.91. The van der Waals surface area contributed by atoms with E-state index in [9.17, 15) is 0 Å². The first kappa shape index (κ1) is 13.1. The zero-order chi connectivity index (χ0) is 13.1. The molecule has 0 aliphatic heterocycles. The van der Waals surface area contributed by atoms with Gasteiger partial charge in [-0.05, 0) is 36.8 Å². The molecule has 0 radical (unpaired) electrons. The monoisotopic (exact) mass is 281 g/mol. The van der Waals surface area contributed by atoms with Gasteiger partial charge < -0.3 is 10.5 Å². The Labute approximate surface area is 116 Å². The molecular formula is C14H13Cl2NO. The summed E-state index contributed by atoms with van der Waals surface area (Å²) < 4.78 is 5.64. The van der Waals surface area contributed by atoms with Crippen molar-refractivity contribution >= 4 is 28.9 Å². The molecule has 0 fully saturated rings. The predicted octanol–water partition coefficient (Wildman–Crippen LogP) is 4.46. The smallest absolute Gasteiger partial charge is 0.138 e. The molecule has 2 rings (SSSR count). The van der Waals surface area contributed by atoms with Crippen LogP contribution in [0.2, 0.25) is 10.0 Å². The van der Waals surface area contributed by atoms with Crippen LogP contribution in [0.1, 0.15) is 11.1 Å². The Hall–Kier alpha value is -1.38. The number of hydrogen-bond donors (Lipinski definition) is 1. The first-order chi connectivity index (χ1) is 8.56. The Balaban J connectivity index is 2.11. The lowest BCUT2D eigenvalue weighted by Gasteiger charge is -2.10. The summed E-state index contributed by atoms with van der Waals surface area (Å²) in [6.45, 7) is 2.34. The number of nitrogen functional groups attached to an aromatic ring is 1. The van der Waals surface area contributed by atoms with Crippen molar-refractivity contribution in [2.45, 2.75) is 13.5 Å². The fourth-order valence-corrected chi connectivity index (χ4v) is 2.09. The SMILES string of the molecule is Cc1ccc(OCc2ccc(N)cc2Cl)c(Cl)c1. The van der Waals surface area contributed by atoms with Gasteiger partial charge in [0.1, 0.15) is 12.4 Å². The summed E-state index contributed by atoms with van der Waals surface area (Å²) in [5, 5.41) is 1.19. The third kappa shape index (κ3) is 3.09. The quantitative estimate of drug-likeness (QED) is 0.843. The van der Waals surface area contributed by atoms with Gasteiger partial charge in [-0.1, -0.05) is 35.3 Å². The summed E-state index contributed by atoms with van der Waals surface area (Å²) in [5.41, 5.74) is 8.24. The van der Waals surface area contributed by atoms with Crippen molar-refractivity contribution < 1.29 is 4.74 Å². The molecule has 0 spiro atoms. The molecule has 2 N–H and O–H groups in total. The van der Waals surface area contributed by atoms with E-state index in [4.69, 9.17) is 33.7 Å². The van der Waals surface area contributed by atoms with Gasteiger partial charge in [-0.25, -0.2) is 0 Å². The van der Waals surface area contributed by atoms with Crippen molar-refractivity contribution in [1.82, 2.24) is 0 Å². The van der Waals surface area contributed by atoms with E-state index in [1.54, 1.807) is 12.1 Å². The van der Waals surface area contributed by atoms with Crippen LogP contribution in [0, 0.1) is 6.92 Å². The number of nitrogens with two attached hydrogens (primary N) is 1. The van der Waals surface area contributed by atoms with Gasteiger partial charge in [0.05, 0.1) is 5.02 Å². The molecule has 0 heterocycles. The third-order valence-electron chi connectivity index (χ3n) is 2.55. The summed E-state index contributed by atoms with van der Waals surface area (Å²) in [4.78, 5) is 0. The minimum atomic E-state index is 0.363. The fraction of sp³-hybridized carbons (Fsp3) is 0.143. The van der Waals surface area contributed by atoms with E-state index in [1.165, 1.54) is 0 Å².